The molecular weight excluding hydrogens is 466 g/mol. The molecule has 0 saturated carbocycles. The molecule has 3 N–H and O–H groups in total. The molecule has 162 valence electrons. The van der Waals surface area contributed by atoms with Crippen molar-refractivity contribution in [1.29, 1.82) is 0 Å². The van der Waals surface area contributed by atoms with Gasteiger partial charge in [-0.25, -0.2) is 4.39 Å². The first kappa shape index (κ1) is 23.8. The zero-order valence-corrected chi connectivity index (χ0v) is 17.9. The third-order valence-electron chi connectivity index (χ3n) is 4.14. The fraction of sp³-hybridized carbons (Fsp3) is 0.444. The van der Waals surface area contributed by atoms with Crippen LogP contribution in [0.3, 0.4) is 0 Å². The van der Waals surface area contributed by atoms with Crippen LogP contribution in [0.5, 0.6) is 0 Å². The average molecular weight is 487 g/mol. The number of rotatable bonds is 9. The first-order chi connectivity index (χ1) is 14.1. The Bertz CT molecular complexity index is 839. The van der Waals surface area contributed by atoms with E-state index in [1.165, 1.54) is 12.1 Å². The summed E-state index contributed by atoms with van der Waals surface area (Å²) >= 11 is 3.14. The van der Waals surface area contributed by atoms with Crippen molar-refractivity contribution in [2.24, 2.45) is 5.92 Å². The second-order valence-electron chi connectivity index (χ2n) is 7.14. The van der Waals surface area contributed by atoms with E-state index in [0.717, 1.165) is 6.07 Å². The summed E-state index contributed by atoms with van der Waals surface area (Å²) in [5, 5.41) is 13.8. The molecule has 30 heavy (non-hydrogen) atoms. The van der Waals surface area contributed by atoms with Crippen LogP contribution in [0.15, 0.2) is 22.7 Å². The molecular formula is C18H21BBrFN2O7. The number of halogens is 2. The molecule has 1 aromatic rings. The van der Waals surface area contributed by atoms with Gasteiger partial charge in [-0.15, -0.1) is 0 Å². The van der Waals surface area contributed by atoms with Gasteiger partial charge in [-0.05, 0) is 30.5 Å². The van der Waals surface area contributed by atoms with Crippen molar-refractivity contribution < 1.29 is 38.0 Å². The van der Waals surface area contributed by atoms with E-state index in [2.05, 4.69) is 26.6 Å². The Morgan fingerprint density at radius 2 is 2.03 bits per heavy atom. The molecule has 1 aliphatic rings. The molecule has 1 saturated heterocycles. The molecule has 1 aromatic carbocycles. The van der Waals surface area contributed by atoms with Crippen LogP contribution in [-0.4, -0.2) is 54.6 Å². The van der Waals surface area contributed by atoms with E-state index in [9.17, 15) is 23.6 Å². The fourth-order valence-electron chi connectivity index (χ4n) is 2.83. The molecule has 2 atom stereocenters. The molecule has 1 unspecified atom stereocenters. The third-order valence-corrected chi connectivity index (χ3v) is 4.63. The van der Waals surface area contributed by atoms with E-state index in [1.54, 1.807) is 0 Å². The Balaban J connectivity index is 1.97. The van der Waals surface area contributed by atoms with E-state index in [0.29, 0.717) is 10.9 Å². The van der Waals surface area contributed by atoms with Gasteiger partial charge in [-0.1, -0.05) is 29.8 Å². The van der Waals surface area contributed by atoms with Gasteiger partial charge in [-0.3, -0.25) is 19.2 Å². The first-order valence-corrected chi connectivity index (χ1v) is 9.96. The van der Waals surface area contributed by atoms with Crippen LogP contribution < -0.4 is 10.6 Å². The molecule has 1 aliphatic heterocycles. The maximum atomic E-state index is 13.8. The lowest BCUT2D eigenvalue weighted by Gasteiger charge is -2.21. The second-order valence-corrected chi connectivity index (χ2v) is 8.05. The number of aliphatic carboxylic acids is 1. The minimum absolute atomic E-state index is 0.0847. The molecule has 2 rings (SSSR count). The summed E-state index contributed by atoms with van der Waals surface area (Å²) in [6.07, 6.45) is -1.43. The maximum Gasteiger partial charge on any atom is 0.552 e. The van der Waals surface area contributed by atoms with Gasteiger partial charge in [-0.2, -0.15) is 0 Å². The molecule has 1 heterocycles. The van der Waals surface area contributed by atoms with Crippen molar-refractivity contribution in [3.63, 3.8) is 0 Å². The highest BCUT2D eigenvalue weighted by atomic mass is 79.9. The Kier molecular flexibility index (Phi) is 8.36. The third kappa shape index (κ3) is 6.80. The number of hydrogen-bond acceptors (Lipinski definition) is 6. The van der Waals surface area contributed by atoms with Crippen LogP contribution >= 0.6 is 15.9 Å². The summed E-state index contributed by atoms with van der Waals surface area (Å²) in [6, 6.07) is 3.85. The number of carbonyl (C=O) groups is 4. The number of carbonyl (C=O) groups excluding carboxylic acids is 3. The average Bonchev–Trinajstić information content (AvgIpc) is 3.00. The van der Waals surface area contributed by atoms with E-state index < -0.39 is 61.7 Å². The van der Waals surface area contributed by atoms with Crippen LogP contribution in [0.2, 0.25) is 0 Å². The zero-order chi connectivity index (χ0) is 22.4. The van der Waals surface area contributed by atoms with E-state index in [1.807, 2.05) is 13.8 Å². The molecule has 0 aliphatic carbocycles. The lowest BCUT2D eigenvalue weighted by atomic mass is 9.74. The van der Waals surface area contributed by atoms with Gasteiger partial charge in [0, 0.05) is 4.47 Å². The van der Waals surface area contributed by atoms with Gasteiger partial charge in [0.25, 0.3) is 5.91 Å². The molecule has 9 nitrogen and oxygen atoms in total. The summed E-state index contributed by atoms with van der Waals surface area (Å²) in [4.78, 5) is 47.1. The zero-order valence-electron chi connectivity index (χ0n) is 16.3. The highest BCUT2D eigenvalue weighted by molar-refractivity contribution is 9.10. The predicted octanol–water partition coefficient (Wildman–Crippen LogP) is 1.29. The van der Waals surface area contributed by atoms with Gasteiger partial charge in [0.05, 0.1) is 24.5 Å². The van der Waals surface area contributed by atoms with Crippen LogP contribution in [0.25, 0.3) is 0 Å². The van der Waals surface area contributed by atoms with Crippen molar-refractivity contribution in [3.05, 3.63) is 34.1 Å². The van der Waals surface area contributed by atoms with Crippen LogP contribution in [0, 0.1) is 11.7 Å². The van der Waals surface area contributed by atoms with Crippen molar-refractivity contribution in [2.75, 3.05) is 6.54 Å². The van der Waals surface area contributed by atoms with Crippen LogP contribution in [0.1, 0.15) is 37.0 Å². The van der Waals surface area contributed by atoms with Gasteiger partial charge in [0.15, 0.2) is 6.10 Å². The minimum Gasteiger partial charge on any atom is -0.506 e. The van der Waals surface area contributed by atoms with Crippen LogP contribution in [0.4, 0.5) is 4.39 Å². The maximum absolute atomic E-state index is 13.8. The number of amides is 2. The number of hydrogen-bond donors (Lipinski definition) is 3. The Labute approximate surface area is 180 Å². The number of carboxylic acids is 1. The molecule has 2 amide bonds. The molecule has 1 fully saturated rings. The number of nitrogens with one attached hydrogen (secondary N) is 2. The highest BCUT2D eigenvalue weighted by Gasteiger charge is 2.46. The van der Waals surface area contributed by atoms with Gasteiger partial charge >= 0.3 is 19.1 Å². The Hall–Kier alpha value is -2.47. The van der Waals surface area contributed by atoms with Gasteiger partial charge in [0.2, 0.25) is 5.91 Å². The monoisotopic (exact) mass is 486 g/mol. The Morgan fingerprint density at radius 1 is 1.33 bits per heavy atom. The molecule has 0 aromatic heterocycles. The molecule has 0 spiro atoms. The molecule has 0 bridgehead atoms. The smallest absolute Gasteiger partial charge is 0.506 e. The first-order valence-electron chi connectivity index (χ1n) is 9.17. The fourth-order valence-corrected chi connectivity index (χ4v) is 3.19. The summed E-state index contributed by atoms with van der Waals surface area (Å²) in [7, 11) is -1.15. The van der Waals surface area contributed by atoms with E-state index in [-0.39, 0.29) is 11.5 Å². The van der Waals surface area contributed by atoms with Crippen molar-refractivity contribution in [2.45, 2.75) is 38.7 Å². The van der Waals surface area contributed by atoms with E-state index in [4.69, 9.17) is 14.4 Å². The summed E-state index contributed by atoms with van der Waals surface area (Å²) < 4.78 is 24.7. The standard InChI is InChI=1S/C18H21BBrFN2O7/c1-9(2)5-14(19-29-13(7-16(25)26)18(28)30-19)23-15(24)8-22-17(27)11-6-10(20)3-4-12(11)21/h3-4,6,9,13-14H,5,7-8H2,1-2H3,(H,22,27)(H,23,24)(H,25,26)/t13?,14-/m0/s1. The van der Waals surface area contributed by atoms with Gasteiger partial charge < -0.3 is 25.0 Å². The largest absolute Gasteiger partial charge is 0.552 e. The van der Waals surface area contributed by atoms with Crippen molar-refractivity contribution in [1.82, 2.24) is 10.6 Å². The normalized spacial score (nSPS) is 16.9. The topological polar surface area (TPSA) is 131 Å². The highest BCUT2D eigenvalue weighted by Crippen LogP contribution is 2.20. The SMILES string of the molecule is CC(C)C[C@H](NC(=O)CNC(=O)c1cc(Br)ccc1F)B1OC(=O)C(CC(=O)O)O1. The second kappa shape index (κ2) is 10.5. The summed E-state index contributed by atoms with van der Waals surface area (Å²) in [6.45, 7) is 3.31. The quantitative estimate of drug-likeness (QED) is 0.448. The number of carboxylic acid groups (broad SMARTS) is 1. The molecule has 12 heteroatoms. The predicted molar refractivity (Wildman–Crippen MR) is 107 cm³/mol. The van der Waals surface area contributed by atoms with Crippen LogP contribution in [-0.2, 0) is 23.7 Å². The summed E-state index contributed by atoms with van der Waals surface area (Å²) in [5.41, 5.74) is -0.222. The number of benzene rings is 1. The lowest BCUT2D eigenvalue weighted by molar-refractivity contribution is -0.145. The van der Waals surface area contributed by atoms with E-state index >= 15 is 0 Å². The Morgan fingerprint density at radius 3 is 2.67 bits per heavy atom. The van der Waals surface area contributed by atoms with Gasteiger partial charge in [0.1, 0.15) is 5.82 Å². The van der Waals surface area contributed by atoms with Crippen molar-refractivity contribution in [3.8, 4) is 0 Å². The minimum atomic E-state index is -1.25. The lowest BCUT2D eigenvalue weighted by Crippen LogP contribution is -2.50. The molecule has 0 radical (unpaired) electrons. The van der Waals surface area contributed by atoms with Crippen molar-refractivity contribution >= 4 is 46.8 Å². The summed E-state index contributed by atoms with van der Waals surface area (Å²) in [5.74, 6) is -4.81.